The molecule has 0 saturated carbocycles. The number of hydrogen-bond acceptors (Lipinski definition) is 4. The van der Waals surface area contributed by atoms with E-state index in [1.165, 1.54) is 0 Å². The predicted octanol–water partition coefficient (Wildman–Crippen LogP) is 2.58. The number of hydrogen-bond donors (Lipinski definition) is 0. The van der Waals surface area contributed by atoms with Crippen molar-refractivity contribution in [2.24, 2.45) is 7.05 Å². The minimum Gasteiger partial charge on any atom is -0.345 e. The Labute approximate surface area is 147 Å². The fourth-order valence-corrected chi connectivity index (χ4v) is 3.33. The summed E-state index contributed by atoms with van der Waals surface area (Å²) in [5, 5.41) is 5.21. The summed E-state index contributed by atoms with van der Waals surface area (Å²) in [5.41, 5.74) is 1.77. The zero-order valence-corrected chi connectivity index (χ0v) is 14.8. The predicted molar refractivity (Wildman–Crippen MR) is 97.2 cm³/mol. The number of amides is 1. The molecule has 3 heterocycles. The number of piperazine rings is 1. The van der Waals surface area contributed by atoms with Crippen molar-refractivity contribution >= 4 is 44.2 Å². The van der Waals surface area contributed by atoms with Gasteiger partial charge in [0.15, 0.2) is 0 Å². The minimum absolute atomic E-state index is 0.0620. The first-order valence-corrected chi connectivity index (χ1v) is 8.50. The van der Waals surface area contributed by atoms with Crippen molar-refractivity contribution in [3.8, 4) is 0 Å². The number of pyridine rings is 1. The lowest BCUT2D eigenvalue weighted by Crippen LogP contribution is -2.50. The van der Waals surface area contributed by atoms with Gasteiger partial charge in [-0.15, -0.1) is 0 Å². The molecule has 4 rings (SSSR count). The molecule has 0 spiro atoms. The number of anilines is 2. The summed E-state index contributed by atoms with van der Waals surface area (Å²) in [7, 11) is 1.85. The highest BCUT2D eigenvalue weighted by Crippen LogP contribution is 2.24. The number of benzene rings is 1. The molecule has 3 aromatic rings. The SMILES string of the molecule is Cn1cc(N2CCN(c3ccc4cc(Br)ccc4n3)CC2=O)cn1. The van der Waals surface area contributed by atoms with Crippen LogP contribution >= 0.6 is 15.9 Å². The zero-order valence-electron chi connectivity index (χ0n) is 13.2. The highest BCUT2D eigenvalue weighted by Gasteiger charge is 2.26. The summed E-state index contributed by atoms with van der Waals surface area (Å²) in [6.07, 6.45) is 3.58. The number of rotatable bonds is 2. The Morgan fingerprint density at radius 2 is 2.04 bits per heavy atom. The second kappa shape index (κ2) is 5.90. The van der Waals surface area contributed by atoms with Gasteiger partial charge in [0.25, 0.3) is 0 Å². The van der Waals surface area contributed by atoms with Crippen LogP contribution in [-0.4, -0.2) is 40.3 Å². The Bertz CT molecular complexity index is 922. The van der Waals surface area contributed by atoms with Gasteiger partial charge in [-0.2, -0.15) is 5.10 Å². The Kier molecular flexibility index (Phi) is 3.72. The molecule has 0 aliphatic carbocycles. The second-order valence-corrected chi connectivity index (χ2v) is 6.76. The third kappa shape index (κ3) is 2.75. The molecule has 24 heavy (non-hydrogen) atoms. The van der Waals surface area contributed by atoms with Crippen molar-refractivity contribution in [2.75, 3.05) is 29.4 Å². The molecule has 1 saturated heterocycles. The Hall–Kier alpha value is -2.41. The molecule has 122 valence electrons. The number of halogens is 1. The van der Waals surface area contributed by atoms with Gasteiger partial charge in [0, 0.05) is 36.2 Å². The fourth-order valence-electron chi connectivity index (χ4n) is 2.95. The molecular weight excluding hydrogens is 370 g/mol. The van der Waals surface area contributed by atoms with E-state index in [1.54, 1.807) is 15.8 Å². The topological polar surface area (TPSA) is 54.3 Å². The molecular formula is C17H16BrN5O. The van der Waals surface area contributed by atoms with Crippen LogP contribution in [0.2, 0.25) is 0 Å². The van der Waals surface area contributed by atoms with Gasteiger partial charge in [0.1, 0.15) is 5.82 Å². The lowest BCUT2D eigenvalue weighted by molar-refractivity contribution is -0.117. The summed E-state index contributed by atoms with van der Waals surface area (Å²) in [6.45, 7) is 1.70. The first-order chi connectivity index (χ1) is 11.6. The average molecular weight is 386 g/mol. The van der Waals surface area contributed by atoms with E-state index in [-0.39, 0.29) is 5.91 Å². The largest absolute Gasteiger partial charge is 0.345 e. The summed E-state index contributed by atoms with van der Waals surface area (Å²) in [5.74, 6) is 0.899. The van der Waals surface area contributed by atoms with Crippen LogP contribution in [0.4, 0.5) is 11.5 Å². The molecule has 1 aliphatic rings. The van der Waals surface area contributed by atoms with Crippen molar-refractivity contribution in [1.82, 2.24) is 14.8 Å². The van der Waals surface area contributed by atoms with E-state index in [4.69, 9.17) is 4.98 Å². The van der Waals surface area contributed by atoms with Crippen LogP contribution in [0.5, 0.6) is 0 Å². The summed E-state index contributed by atoms with van der Waals surface area (Å²) < 4.78 is 2.74. The fraction of sp³-hybridized carbons (Fsp3) is 0.235. The number of carbonyl (C=O) groups is 1. The van der Waals surface area contributed by atoms with E-state index in [2.05, 4.69) is 21.0 Å². The van der Waals surface area contributed by atoms with Gasteiger partial charge in [-0.25, -0.2) is 4.98 Å². The molecule has 7 heteroatoms. The van der Waals surface area contributed by atoms with E-state index in [1.807, 2.05) is 48.5 Å². The van der Waals surface area contributed by atoms with Gasteiger partial charge in [0.05, 0.1) is 23.9 Å². The third-order valence-corrected chi connectivity index (χ3v) is 4.68. The van der Waals surface area contributed by atoms with Gasteiger partial charge in [-0.3, -0.25) is 9.48 Å². The Balaban J connectivity index is 1.56. The number of aryl methyl sites for hydroxylation is 1. The first kappa shape index (κ1) is 15.1. The van der Waals surface area contributed by atoms with Crippen molar-refractivity contribution in [3.05, 3.63) is 47.2 Å². The maximum absolute atomic E-state index is 12.5. The van der Waals surface area contributed by atoms with E-state index in [9.17, 15) is 4.79 Å². The van der Waals surface area contributed by atoms with Crippen LogP contribution in [0.15, 0.2) is 47.2 Å². The Morgan fingerprint density at radius 1 is 1.17 bits per heavy atom. The second-order valence-electron chi connectivity index (χ2n) is 5.85. The lowest BCUT2D eigenvalue weighted by atomic mass is 10.2. The molecule has 1 aliphatic heterocycles. The maximum atomic E-state index is 12.5. The van der Waals surface area contributed by atoms with Crippen LogP contribution in [0.1, 0.15) is 0 Å². The smallest absolute Gasteiger partial charge is 0.246 e. The molecule has 1 fully saturated rings. The van der Waals surface area contributed by atoms with E-state index >= 15 is 0 Å². The molecule has 0 bridgehead atoms. The molecule has 0 radical (unpaired) electrons. The highest BCUT2D eigenvalue weighted by molar-refractivity contribution is 9.10. The molecule has 6 nitrogen and oxygen atoms in total. The van der Waals surface area contributed by atoms with Gasteiger partial charge >= 0.3 is 0 Å². The summed E-state index contributed by atoms with van der Waals surface area (Å²) >= 11 is 3.47. The molecule has 0 unspecified atom stereocenters. The van der Waals surface area contributed by atoms with Gasteiger partial charge in [-0.1, -0.05) is 15.9 Å². The molecule has 0 N–H and O–H groups in total. The van der Waals surface area contributed by atoms with Crippen LogP contribution in [-0.2, 0) is 11.8 Å². The molecule has 2 aromatic heterocycles. The van der Waals surface area contributed by atoms with E-state index < -0.39 is 0 Å². The molecule has 0 atom stereocenters. The zero-order chi connectivity index (χ0) is 16.7. The number of aromatic nitrogens is 3. The van der Waals surface area contributed by atoms with Crippen LogP contribution in [0.3, 0.4) is 0 Å². The maximum Gasteiger partial charge on any atom is 0.246 e. The van der Waals surface area contributed by atoms with Crippen molar-refractivity contribution in [2.45, 2.75) is 0 Å². The number of fused-ring (bicyclic) bond motifs is 1. The third-order valence-electron chi connectivity index (χ3n) is 4.18. The van der Waals surface area contributed by atoms with Gasteiger partial charge in [0.2, 0.25) is 5.91 Å². The van der Waals surface area contributed by atoms with E-state index in [0.29, 0.717) is 13.1 Å². The summed E-state index contributed by atoms with van der Waals surface area (Å²) in [4.78, 5) is 21.0. The standard InChI is InChI=1S/C17H16BrN5O/c1-21-10-14(9-19-21)23-7-6-22(11-17(23)24)16-5-2-12-8-13(18)3-4-15(12)20-16/h2-5,8-10H,6-7,11H2,1H3. The molecule has 1 amide bonds. The lowest BCUT2D eigenvalue weighted by Gasteiger charge is -2.34. The number of nitrogens with zero attached hydrogens (tertiary/aromatic N) is 5. The van der Waals surface area contributed by atoms with Crippen LogP contribution < -0.4 is 9.80 Å². The van der Waals surface area contributed by atoms with Crippen molar-refractivity contribution in [3.63, 3.8) is 0 Å². The summed E-state index contributed by atoms with van der Waals surface area (Å²) in [6, 6.07) is 10.0. The minimum atomic E-state index is 0.0620. The van der Waals surface area contributed by atoms with Crippen LogP contribution in [0, 0.1) is 0 Å². The van der Waals surface area contributed by atoms with Crippen molar-refractivity contribution in [1.29, 1.82) is 0 Å². The van der Waals surface area contributed by atoms with Crippen LogP contribution in [0.25, 0.3) is 10.9 Å². The van der Waals surface area contributed by atoms with Gasteiger partial charge in [-0.05, 0) is 30.3 Å². The molecule has 1 aromatic carbocycles. The van der Waals surface area contributed by atoms with E-state index in [0.717, 1.165) is 33.4 Å². The quantitative estimate of drug-likeness (QED) is 0.680. The van der Waals surface area contributed by atoms with Gasteiger partial charge < -0.3 is 9.80 Å². The highest BCUT2D eigenvalue weighted by atomic mass is 79.9. The monoisotopic (exact) mass is 385 g/mol. The first-order valence-electron chi connectivity index (χ1n) is 7.70. The normalized spacial score (nSPS) is 15.3. The Morgan fingerprint density at radius 3 is 2.79 bits per heavy atom. The number of carbonyl (C=O) groups excluding carboxylic acids is 1. The van der Waals surface area contributed by atoms with Crippen molar-refractivity contribution < 1.29 is 4.79 Å². The average Bonchev–Trinajstić information content (AvgIpc) is 3.00.